The monoisotopic (exact) mass is 513 g/mol. The second-order valence-corrected chi connectivity index (χ2v) is 11.8. The predicted octanol–water partition coefficient (Wildman–Crippen LogP) is 2.66. The summed E-state index contributed by atoms with van der Waals surface area (Å²) in [6, 6.07) is 8.87. The van der Waals surface area contributed by atoms with Crippen molar-refractivity contribution in [1.29, 1.82) is 0 Å². The largest absolute Gasteiger partial charge is 0.466 e. The first-order valence-electron chi connectivity index (χ1n) is 10.7. The van der Waals surface area contributed by atoms with Crippen LogP contribution in [0.4, 0.5) is 15.8 Å². The second-order valence-electron chi connectivity index (χ2n) is 8.01. The minimum absolute atomic E-state index is 0.0487. The first-order valence-corrected chi connectivity index (χ1v) is 13.6. The van der Waals surface area contributed by atoms with E-state index in [0.29, 0.717) is 32.5 Å². The molecule has 0 bridgehead atoms. The molecular formula is C22H28FN3O6S2. The van der Waals surface area contributed by atoms with Crippen molar-refractivity contribution in [2.45, 2.75) is 29.6 Å². The maximum absolute atomic E-state index is 14.8. The third-order valence-corrected chi connectivity index (χ3v) is 8.79. The summed E-state index contributed by atoms with van der Waals surface area (Å²) in [6.45, 7) is 2.74. The molecule has 1 aliphatic heterocycles. The highest BCUT2D eigenvalue weighted by Gasteiger charge is 2.29. The number of carbonyl (C=O) groups excluding carboxylic acids is 1. The van der Waals surface area contributed by atoms with Gasteiger partial charge in [-0.15, -0.1) is 0 Å². The molecule has 1 N–H and O–H groups in total. The lowest BCUT2D eigenvalue weighted by molar-refractivity contribution is -0.148. The lowest BCUT2D eigenvalue weighted by Crippen LogP contribution is -2.38. The van der Waals surface area contributed by atoms with Crippen LogP contribution in [0.1, 0.15) is 19.8 Å². The number of nitrogens with one attached hydrogen (secondary N) is 1. The molecule has 34 heavy (non-hydrogen) atoms. The number of ether oxygens (including phenoxy) is 1. The number of hydrogen-bond donors (Lipinski definition) is 1. The Kier molecular flexibility index (Phi) is 7.84. The van der Waals surface area contributed by atoms with Crippen LogP contribution in [0.15, 0.2) is 52.3 Å². The van der Waals surface area contributed by atoms with E-state index < -0.39 is 25.9 Å². The number of rotatable bonds is 8. The van der Waals surface area contributed by atoms with Gasteiger partial charge in [0.1, 0.15) is 5.82 Å². The highest BCUT2D eigenvalue weighted by Crippen LogP contribution is 2.34. The summed E-state index contributed by atoms with van der Waals surface area (Å²) in [5.74, 6) is -1.15. The van der Waals surface area contributed by atoms with E-state index in [9.17, 15) is 26.0 Å². The van der Waals surface area contributed by atoms with E-state index in [1.54, 1.807) is 11.8 Å². The molecule has 0 saturated carbocycles. The number of hydrogen-bond acceptors (Lipinski definition) is 7. The Morgan fingerprint density at radius 2 is 1.65 bits per heavy atom. The first-order chi connectivity index (χ1) is 16.0. The van der Waals surface area contributed by atoms with Crippen LogP contribution in [0.5, 0.6) is 0 Å². The number of piperidine rings is 1. The lowest BCUT2D eigenvalue weighted by atomic mass is 9.96. The minimum atomic E-state index is -4.13. The van der Waals surface area contributed by atoms with Crippen molar-refractivity contribution in [2.24, 2.45) is 5.92 Å². The van der Waals surface area contributed by atoms with E-state index in [0.717, 1.165) is 4.31 Å². The molecule has 0 amide bonds. The van der Waals surface area contributed by atoms with Gasteiger partial charge in [0.2, 0.25) is 10.0 Å². The smallest absolute Gasteiger partial charge is 0.309 e. The molecule has 186 valence electrons. The van der Waals surface area contributed by atoms with Crippen LogP contribution in [-0.4, -0.2) is 60.9 Å². The number of benzene rings is 2. The van der Waals surface area contributed by atoms with Crippen LogP contribution in [0.2, 0.25) is 0 Å². The van der Waals surface area contributed by atoms with Crippen LogP contribution < -0.4 is 9.62 Å². The Bertz CT molecular complexity index is 1240. The van der Waals surface area contributed by atoms with Crippen molar-refractivity contribution >= 4 is 37.4 Å². The Morgan fingerprint density at radius 1 is 1.06 bits per heavy atom. The summed E-state index contributed by atoms with van der Waals surface area (Å²) in [5, 5.41) is 0. The molecule has 9 nitrogen and oxygen atoms in total. The van der Waals surface area contributed by atoms with Gasteiger partial charge < -0.3 is 9.64 Å². The molecule has 0 radical (unpaired) electrons. The van der Waals surface area contributed by atoms with Crippen LogP contribution >= 0.6 is 0 Å². The van der Waals surface area contributed by atoms with Gasteiger partial charge in [0, 0.05) is 27.2 Å². The number of nitrogens with zero attached hydrogens (tertiary/aromatic N) is 2. The van der Waals surface area contributed by atoms with Gasteiger partial charge in [0.25, 0.3) is 10.0 Å². The topological polar surface area (TPSA) is 113 Å². The Morgan fingerprint density at radius 3 is 2.21 bits per heavy atom. The third kappa shape index (κ3) is 5.50. The maximum atomic E-state index is 14.8. The molecule has 1 heterocycles. The quantitative estimate of drug-likeness (QED) is 0.540. The van der Waals surface area contributed by atoms with Gasteiger partial charge in [0.05, 0.1) is 33.7 Å². The summed E-state index contributed by atoms with van der Waals surface area (Å²) in [7, 11) is -5.09. The summed E-state index contributed by atoms with van der Waals surface area (Å²) >= 11 is 0. The molecule has 1 saturated heterocycles. The molecule has 0 unspecified atom stereocenters. The molecule has 0 spiro atoms. The van der Waals surface area contributed by atoms with Crippen LogP contribution in [-0.2, 0) is 29.6 Å². The number of anilines is 2. The number of sulfonamides is 2. The Labute approximate surface area is 199 Å². The van der Waals surface area contributed by atoms with E-state index >= 15 is 0 Å². The van der Waals surface area contributed by atoms with E-state index in [1.165, 1.54) is 56.6 Å². The SMILES string of the molecule is CCOC(=O)C1CCN(c2c(F)cccc2NS(=O)(=O)c2ccc(S(=O)(=O)N(C)C)cc2)CC1. The molecule has 0 aliphatic carbocycles. The molecule has 2 aromatic carbocycles. The molecule has 3 rings (SSSR count). The van der Waals surface area contributed by atoms with Gasteiger partial charge in [-0.3, -0.25) is 9.52 Å². The van der Waals surface area contributed by atoms with Gasteiger partial charge in [-0.05, 0) is 56.2 Å². The van der Waals surface area contributed by atoms with Crippen molar-refractivity contribution in [3.63, 3.8) is 0 Å². The highest BCUT2D eigenvalue weighted by molar-refractivity contribution is 7.92. The Hall–Kier alpha value is -2.70. The zero-order valence-electron chi connectivity index (χ0n) is 19.2. The zero-order chi connectivity index (χ0) is 25.1. The summed E-state index contributed by atoms with van der Waals surface area (Å²) in [4.78, 5) is 13.5. The maximum Gasteiger partial charge on any atom is 0.309 e. The van der Waals surface area contributed by atoms with Crippen LogP contribution in [0, 0.1) is 11.7 Å². The van der Waals surface area contributed by atoms with E-state index in [1.807, 2.05) is 0 Å². The molecule has 1 aliphatic rings. The van der Waals surface area contributed by atoms with Gasteiger partial charge >= 0.3 is 5.97 Å². The van der Waals surface area contributed by atoms with Crippen LogP contribution in [0.25, 0.3) is 0 Å². The average Bonchev–Trinajstić information content (AvgIpc) is 2.79. The number of carbonyl (C=O) groups is 1. The fourth-order valence-electron chi connectivity index (χ4n) is 3.72. The molecule has 1 fully saturated rings. The van der Waals surface area contributed by atoms with Gasteiger partial charge in [-0.2, -0.15) is 0 Å². The Balaban J connectivity index is 1.83. The summed E-state index contributed by atoms with van der Waals surface area (Å²) in [5.41, 5.74) is 0.153. The third-order valence-electron chi connectivity index (χ3n) is 5.57. The number of halogens is 1. The minimum Gasteiger partial charge on any atom is -0.466 e. The second kappa shape index (κ2) is 10.3. The van der Waals surface area contributed by atoms with Crippen molar-refractivity contribution in [3.05, 3.63) is 48.3 Å². The first kappa shape index (κ1) is 25.9. The van der Waals surface area contributed by atoms with E-state index in [4.69, 9.17) is 4.74 Å². The lowest BCUT2D eigenvalue weighted by Gasteiger charge is -2.34. The fraction of sp³-hybridized carbons (Fsp3) is 0.409. The standard InChI is InChI=1S/C22H28FN3O6S2/c1-4-32-22(27)16-12-14-26(15-13-16)21-19(23)6-5-7-20(21)24-33(28,29)17-8-10-18(11-9-17)34(30,31)25(2)3/h5-11,16,24H,4,12-15H2,1-3H3. The number of para-hydroxylation sites is 1. The van der Waals surface area contributed by atoms with Crippen molar-refractivity contribution in [3.8, 4) is 0 Å². The fourth-order valence-corrected chi connectivity index (χ4v) is 5.69. The van der Waals surface area contributed by atoms with Gasteiger partial charge in [-0.25, -0.2) is 25.5 Å². The normalized spacial score (nSPS) is 15.4. The molecule has 0 aromatic heterocycles. The average molecular weight is 514 g/mol. The number of esters is 1. The molecular weight excluding hydrogens is 485 g/mol. The van der Waals surface area contributed by atoms with E-state index in [-0.39, 0.29) is 33.1 Å². The molecule has 0 atom stereocenters. The van der Waals surface area contributed by atoms with Crippen LogP contribution in [0.3, 0.4) is 0 Å². The molecule has 2 aromatic rings. The van der Waals surface area contributed by atoms with Crippen molar-refractivity contribution < 1.29 is 30.8 Å². The predicted molar refractivity (Wildman–Crippen MR) is 126 cm³/mol. The highest BCUT2D eigenvalue weighted by atomic mass is 32.2. The van der Waals surface area contributed by atoms with Gasteiger partial charge in [0.15, 0.2) is 0 Å². The summed E-state index contributed by atoms with van der Waals surface area (Å²) < 4.78 is 73.7. The van der Waals surface area contributed by atoms with E-state index in [2.05, 4.69) is 4.72 Å². The van der Waals surface area contributed by atoms with Crippen molar-refractivity contribution in [1.82, 2.24) is 4.31 Å². The van der Waals surface area contributed by atoms with Gasteiger partial charge in [-0.1, -0.05) is 6.07 Å². The molecule has 12 heteroatoms. The zero-order valence-corrected chi connectivity index (χ0v) is 20.8. The van der Waals surface area contributed by atoms with Crippen molar-refractivity contribution in [2.75, 3.05) is 43.4 Å². The summed E-state index contributed by atoms with van der Waals surface area (Å²) in [6.07, 6.45) is 0.919.